The van der Waals surface area contributed by atoms with Crippen LogP contribution in [0.5, 0.6) is 0 Å². The molecule has 3 fully saturated rings. The summed E-state index contributed by atoms with van der Waals surface area (Å²) in [5.74, 6) is 2.36. The van der Waals surface area contributed by atoms with Gasteiger partial charge in [0.15, 0.2) is 0 Å². The molecule has 0 aliphatic heterocycles. The highest BCUT2D eigenvalue weighted by Gasteiger charge is 2.58. The van der Waals surface area contributed by atoms with Gasteiger partial charge >= 0.3 is 0 Å². The van der Waals surface area contributed by atoms with Crippen molar-refractivity contribution >= 4 is 0 Å². The minimum absolute atomic E-state index is 0.0389. The molecule has 4 aliphatic carbocycles. The van der Waals surface area contributed by atoms with Gasteiger partial charge in [0.1, 0.15) is 0 Å². The Bertz CT molecular complexity index is 559. The normalized spacial score (nSPS) is 49.8. The summed E-state index contributed by atoms with van der Waals surface area (Å²) < 4.78 is 6.33. The molecule has 0 amide bonds. The Labute approximate surface area is 154 Å². The fraction of sp³-hybridized carbons (Fsp3) is 0.913. The second-order valence-corrected chi connectivity index (χ2v) is 11.0. The van der Waals surface area contributed by atoms with Crippen LogP contribution in [0.2, 0.25) is 0 Å². The van der Waals surface area contributed by atoms with Crippen LogP contribution in [0.25, 0.3) is 0 Å². The average molecular weight is 347 g/mol. The van der Waals surface area contributed by atoms with Gasteiger partial charge < -0.3 is 9.84 Å². The van der Waals surface area contributed by atoms with Crippen molar-refractivity contribution in [2.75, 3.05) is 0 Å². The summed E-state index contributed by atoms with van der Waals surface area (Å²) in [5.41, 5.74) is 2.23. The van der Waals surface area contributed by atoms with Crippen LogP contribution in [0.1, 0.15) is 86.0 Å². The van der Waals surface area contributed by atoms with Gasteiger partial charge in [-0.25, -0.2) is 0 Å². The van der Waals surface area contributed by atoms with Gasteiger partial charge in [-0.05, 0) is 101 Å². The zero-order valence-corrected chi connectivity index (χ0v) is 17.0. The molecule has 0 aromatic heterocycles. The van der Waals surface area contributed by atoms with E-state index in [9.17, 15) is 5.11 Å². The van der Waals surface area contributed by atoms with Gasteiger partial charge in [-0.2, -0.15) is 0 Å². The van der Waals surface area contributed by atoms with Crippen molar-refractivity contribution in [1.29, 1.82) is 0 Å². The van der Waals surface area contributed by atoms with E-state index in [2.05, 4.69) is 40.7 Å². The molecule has 0 aromatic carbocycles. The molecule has 25 heavy (non-hydrogen) atoms. The molecule has 7 atom stereocenters. The Morgan fingerprint density at radius 2 is 1.80 bits per heavy atom. The van der Waals surface area contributed by atoms with Crippen molar-refractivity contribution in [1.82, 2.24) is 0 Å². The molecule has 1 N–H and O–H groups in total. The zero-order valence-electron chi connectivity index (χ0n) is 17.0. The van der Waals surface area contributed by atoms with E-state index in [-0.39, 0.29) is 17.1 Å². The number of ether oxygens (including phenoxy) is 1. The maximum absolute atomic E-state index is 10.6. The first-order chi connectivity index (χ1) is 11.6. The van der Waals surface area contributed by atoms with E-state index in [0.29, 0.717) is 11.5 Å². The lowest BCUT2D eigenvalue weighted by atomic mass is 9.48. The third-order valence-corrected chi connectivity index (χ3v) is 8.53. The fourth-order valence-corrected chi connectivity index (χ4v) is 7.20. The molecule has 4 aliphatic rings. The van der Waals surface area contributed by atoms with Crippen molar-refractivity contribution < 1.29 is 9.84 Å². The lowest BCUT2D eigenvalue weighted by molar-refractivity contribution is -0.0988. The fourth-order valence-electron chi connectivity index (χ4n) is 7.20. The molecule has 0 saturated heterocycles. The third-order valence-electron chi connectivity index (χ3n) is 8.53. The smallest absolute Gasteiger partial charge is 0.0619 e. The topological polar surface area (TPSA) is 29.5 Å². The molecular weight excluding hydrogens is 308 g/mol. The first kappa shape index (κ1) is 18.0. The molecule has 2 heteroatoms. The standard InChI is InChI=1S/C23H38O2/c1-21(2,3)25-16-10-12-22(4)15(14-16)6-7-17-18-8-9-20(24)23(18,5)13-11-19(17)22/h6,16-20,24H,7-14H2,1-5H3/t16-,17+,18+,19+,20-,22-,23+/m0/s1. The Hall–Kier alpha value is -0.340. The van der Waals surface area contributed by atoms with Gasteiger partial charge in [-0.1, -0.05) is 25.5 Å². The van der Waals surface area contributed by atoms with Gasteiger partial charge in [0.25, 0.3) is 0 Å². The molecule has 0 aromatic rings. The average Bonchev–Trinajstić information content (AvgIpc) is 2.82. The van der Waals surface area contributed by atoms with Crippen molar-refractivity contribution in [3.05, 3.63) is 11.6 Å². The number of allylic oxidation sites excluding steroid dienone is 1. The van der Waals surface area contributed by atoms with E-state index < -0.39 is 0 Å². The molecular formula is C23H38O2. The Kier molecular flexibility index (Phi) is 4.21. The maximum Gasteiger partial charge on any atom is 0.0619 e. The molecule has 0 heterocycles. The number of aliphatic hydroxyl groups is 1. The van der Waals surface area contributed by atoms with E-state index in [1.54, 1.807) is 5.57 Å². The van der Waals surface area contributed by atoms with Crippen LogP contribution in [0, 0.1) is 28.6 Å². The van der Waals surface area contributed by atoms with Gasteiger partial charge in [0.05, 0.1) is 17.8 Å². The van der Waals surface area contributed by atoms with Gasteiger partial charge in [-0.15, -0.1) is 0 Å². The summed E-state index contributed by atoms with van der Waals surface area (Å²) in [6.07, 6.45) is 12.6. The molecule has 142 valence electrons. The second-order valence-electron chi connectivity index (χ2n) is 11.0. The predicted octanol–water partition coefficient (Wildman–Crippen LogP) is 5.49. The van der Waals surface area contributed by atoms with E-state index in [0.717, 1.165) is 30.6 Å². The summed E-state index contributed by atoms with van der Waals surface area (Å²) in [4.78, 5) is 0. The van der Waals surface area contributed by atoms with Crippen molar-refractivity contribution in [2.45, 2.75) is 104 Å². The van der Waals surface area contributed by atoms with E-state index >= 15 is 0 Å². The number of aliphatic hydroxyl groups excluding tert-OH is 1. The first-order valence-electron chi connectivity index (χ1n) is 10.7. The van der Waals surface area contributed by atoms with Crippen molar-refractivity contribution in [3.63, 3.8) is 0 Å². The number of fused-ring (bicyclic) bond motifs is 5. The number of hydrogen-bond acceptors (Lipinski definition) is 2. The van der Waals surface area contributed by atoms with E-state index in [4.69, 9.17) is 4.74 Å². The van der Waals surface area contributed by atoms with E-state index in [1.165, 1.54) is 38.5 Å². The molecule has 4 rings (SSSR count). The predicted molar refractivity (Wildman–Crippen MR) is 102 cm³/mol. The lowest BCUT2D eigenvalue weighted by Gasteiger charge is -2.58. The third kappa shape index (κ3) is 2.83. The highest BCUT2D eigenvalue weighted by molar-refractivity contribution is 5.25. The van der Waals surface area contributed by atoms with Crippen LogP contribution < -0.4 is 0 Å². The summed E-state index contributed by atoms with van der Waals surface area (Å²) in [6, 6.07) is 0. The molecule has 0 unspecified atom stereocenters. The monoisotopic (exact) mass is 346 g/mol. The van der Waals surface area contributed by atoms with Crippen LogP contribution in [0.4, 0.5) is 0 Å². The molecule has 0 spiro atoms. The summed E-state index contributed by atoms with van der Waals surface area (Å²) in [7, 11) is 0. The van der Waals surface area contributed by atoms with Crippen LogP contribution >= 0.6 is 0 Å². The molecule has 3 saturated carbocycles. The maximum atomic E-state index is 10.6. The lowest BCUT2D eigenvalue weighted by Crippen LogP contribution is -2.51. The van der Waals surface area contributed by atoms with Gasteiger partial charge in [-0.3, -0.25) is 0 Å². The molecule has 0 bridgehead atoms. The Balaban J connectivity index is 1.56. The van der Waals surface area contributed by atoms with E-state index in [1.807, 2.05) is 0 Å². The highest BCUT2D eigenvalue weighted by Crippen LogP contribution is 2.64. The zero-order chi connectivity index (χ0) is 18.0. The Morgan fingerprint density at radius 1 is 1.04 bits per heavy atom. The first-order valence-corrected chi connectivity index (χ1v) is 10.7. The van der Waals surface area contributed by atoms with Crippen LogP contribution in [0.3, 0.4) is 0 Å². The van der Waals surface area contributed by atoms with Crippen LogP contribution in [-0.4, -0.2) is 22.9 Å². The number of rotatable bonds is 1. The van der Waals surface area contributed by atoms with Gasteiger partial charge in [0, 0.05) is 0 Å². The highest BCUT2D eigenvalue weighted by atomic mass is 16.5. The quantitative estimate of drug-likeness (QED) is 0.636. The summed E-state index contributed by atoms with van der Waals surface area (Å²) in [6.45, 7) is 11.5. The minimum Gasteiger partial charge on any atom is -0.393 e. The van der Waals surface area contributed by atoms with Gasteiger partial charge in [0.2, 0.25) is 0 Å². The van der Waals surface area contributed by atoms with Crippen LogP contribution in [-0.2, 0) is 4.74 Å². The SMILES string of the molecule is CC(C)(C)O[C@H]1CC[C@@]2(C)C(=CC[C@@H]3[C@H]4CC[C@H](O)[C@]4(C)CC[C@H]32)C1. The minimum atomic E-state index is -0.0624. The molecule has 2 nitrogen and oxygen atoms in total. The summed E-state index contributed by atoms with van der Waals surface area (Å²) in [5, 5.41) is 10.6. The van der Waals surface area contributed by atoms with Crippen LogP contribution in [0.15, 0.2) is 11.6 Å². The molecule has 0 radical (unpaired) electrons. The second kappa shape index (κ2) is 5.83. The van der Waals surface area contributed by atoms with Crippen molar-refractivity contribution in [3.8, 4) is 0 Å². The Morgan fingerprint density at radius 3 is 2.52 bits per heavy atom. The number of hydrogen-bond donors (Lipinski definition) is 1. The summed E-state index contributed by atoms with van der Waals surface area (Å²) >= 11 is 0. The largest absolute Gasteiger partial charge is 0.393 e. The van der Waals surface area contributed by atoms with Crippen molar-refractivity contribution in [2.24, 2.45) is 28.6 Å².